The maximum atomic E-state index is 11.5. The molecule has 1 saturated heterocycles. The first-order valence-electron chi connectivity index (χ1n) is 8.33. The van der Waals surface area contributed by atoms with E-state index in [1.165, 1.54) is 0 Å². The summed E-state index contributed by atoms with van der Waals surface area (Å²) in [6.07, 6.45) is 0.612. The van der Waals surface area contributed by atoms with E-state index in [1.54, 1.807) is 6.07 Å². The molecule has 10 heteroatoms. The van der Waals surface area contributed by atoms with Crippen LogP contribution in [0.3, 0.4) is 0 Å². The van der Waals surface area contributed by atoms with Crippen LogP contribution in [0.2, 0.25) is 0 Å². The van der Waals surface area contributed by atoms with E-state index in [4.69, 9.17) is 14.2 Å². The Hall–Kier alpha value is -1.43. The number of sulfone groups is 1. The van der Waals surface area contributed by atoms with Crippen molar-refractivity contribution in [1.82, 2.24) is 10.6 Å². The van der Waals surface area contributed by atoms with Crippen LogP contribution in [-0.2, 0) is 9.84 Å². The predicted molar refractivity (Wildman–Crippen MR) is 110 cm³/mol. The molecule has 8 nitrogen and oxygen atoms in total. The lowest BCUT2D eigenvalue weighted by molar-refractivity contribution is 0.173. The molecule has 146 valence electrons. The van der Waals surface area contributed by atoms with Crippen molar-refractivity contribution in [3.8, 4) is 17.2 Å². The maximum Gasteiger partial charge on any atom is 0.231 e. The number of rotatable bonds is 6. The standard InChI is InChI=1S/C16H23N3O5S.HI/c1-2-17-16(19-12-5-8-25(20,21)10-12)18-6-7-22-13-3-4-14-15(9-13)24-11-23-14;/h3-4,9,12H,2,5-8,10-11H2,1H3,(H2,17,18,19);1H. The van der Waals surface area contributed by atoms with Gasteiger partial charge in [-0.1, -0.05) is 0 Å². The van der Waals surface area contributed by atoms with Gasteiger partial charge in [-0.2, -0.15) is 0 Å². The Morgan fingerprint density at radius 3 is 2.88 bits per heavy atom. The van der Waals surface area contributed by atoms with E-state index in [-0.39, 0.29) is 48.3 Å². The second-order valence-corrected chi connectivity index (χ2v) is 8.10. The summed E-state index contributed by atoms with van der Waals surface area (Å²) in [6, 6.07) is 5.34. The van der Waals surface area contributed by atoms with Crippen molar-refractivity contribution in [2.45, 2.75) is 19.4 Å². The fourth-order valence-corrected chi connectivity index (χ4v) is 4.38. The van der Waals surface area contributed by atoms with Crippen molar-refractivity contribution in [3.63, 3.8) is 0 Å². The van der Waals surface area contributed by atoms with Gasteiger partial charge in [-0.05, 0) is 25.5 Å². The molecule has 0 aromatic heterocycles. The van der Waals surface area contributed by atoms with Crippen LogP contribution in [0.5, 0.6) is 17.2 Å². The zero-order chi connectivity index (χ0) is 17.7. The molecule has 0 bridgehead atoms. The number of hydrogen-bond donors (Lipinski definition) is 2. The minimum Gasteiger partial charge on any atom is -0.492 e. The SMILES string of the molecule is CCNC(=NCCOc1ccc2c(c1)OCO2)NC1CCS(=O)(=O)C1.I. The lowest BCUT2D eigenvalue weighted by Crippen LogP contribution is -2.44. The van der Waals surface area contributed by atoms with E-state index in [0.29, 0.717) is 43.6 Å². The zero-order valence-electron chi connectivity index (χ0n) is 14.6. The summed E-state index contributed by atoms with van der Waals surface area (Å²) >= 11 is 0. The monoisotopic (exact) mass is 497 g/mol. The number of aliphatic imine (C=N–C) groups is 1. The first-order valence-corrected chi connectivity index (χ1v) is 10.2. The molecule has 2 heterocycles. The number of benzene rings is 1. The Morgan fingerprint density at radius 1 is 1.35 bits per heavy atom. The van der Waals surface area contributed by atoms with E-state index in [2.05, 4.69) is 15.6 Å². The second-order valence-electron chi connectivity index (χ2n) is 5.87. The van der Waals surface area contributed by atoms with E-state index in [9.17, 15) is 8.42 Å². The molecule has 1 fully saturated rings. The molecule has 0 amide bonds. The highest BCUT2D eigenvalue weighted by atomic mass is 127. The quantitative estimate of drug-likeness (QED) is 0.264. The predicted octanol–water partition coefficient (Wildman–Crippen LogP) is 1.15. The van der Waals surface area contributed by atoms with Gasteiger partial charge >= 0.3 is 0 Å². The fourth-order valence-electron chi connectivity index (χ4n) is 2.71. The Balaban J connectivity index is 0.00000243. The fraction of sp³-hybridized carbons (Fsp3) is 0.562. The summed E-state index contributed by atoms with van der Waals surface area (Å²) in [4.78, 5) is 4.43. The van der Waals surface area contributed by atoms with E-state index >= 15 is 0 Å². The Morgan fingerprint density at radius 2 is 2.15 bits per heavy atom. The third kappa shape index (κ3) is 5.79. The van der Waals surface area contributed by atoms with Crippen LogP contribution in [0, 0.1) is 0 Å². The van der Waals surface area contributed by atoms with Gasteiger partial charge in [0.25, 0.3) is 0 Å². The molecular weight excluding hydrogens is 473 g/mol. The van der Waals surface area contributed by atoms with Gasteiger partial charge in [0, 0.05) is 18.7 Å². The molecule has 1 unspecified atom stereocenters. The van der Waals surface area contributed by atoms with E-state index < -0.39 is 9.84 Å². The molecule has 2 N–H and O–H groups in total. The van der Waals surface area contributed by atoms with Crippen LogP contribution in [0.25, 0.3) is 0 Å². The highest BCUT2D eigenvalue weighted by Gasteiger charge is 2.28. The largest absolute Gasteiger partial charge is 0.492 e. The van der Waals surface area contributed by atoms with Gasteiger partial charge in [-0.3, -0.25) is 0 Å². The molecule has 26 heavy (non-hydrogen) atoms. The normalized spacial score (nSPS) is 20.3. The Bertz CT molecular complexity index is 741. The molecule has 1 aromatic carbocycles. The molecule has 0 radical (unpaired) electrons. The number of hydrogen-bond acceptors (Lipinski definition) is 6. The number of ether oxygens (including phenoxy) is 3. The third-order valence-electron chi connectivity index (χ3n) is 3.89. The third-order valence-corrected chi connectivity index (χ3v) is 5.66. The lowest BCUT2D eigenvalue weighted by atomic mass is 10.3. The van der Waals surface area contributed by atoms with Crippen LogP contribution >= 0.6 is 24.0 Å². The summed E-state index contributed by atoms with van der Waals surface area (Å²) in [7, 11) is -2.91. The molecule has 0 spiro atoms. The first-order chi connectivity index (χ1) is 12.1. The topological polar surface area (TPSA) is 98.2 Å². The van der Waals surface area contributed by atoms with Gasteiger partial charge in [0.2, 0.25) is 6.79 Å². The number of fused-ring (bicyclic) bond motifs is 1. The number of halogens is 1. The van der Waals surface area contributed by atoms with E-state index in [0.717, 1.165) is 5.75 Å². The molecule has 0 saturated carbocycles. The molecule has 2 aliphatic heterocycles. The average Bonchev–Trinajstić information content (AvgIpc) is 3.17. The Labute approximate surface area is 170 Å². The van der Waals surface area contributed by atoms with Crippen molar-refractivity contribution >= 4 is 39.8 Å². The van der Waals surface area contributed by atoms with Gasteiger partial charge in [0.15, 0.2) is 27.3 Å². The summed E-state index contributed by atoms with van der Waals surface area (Å²) in [5, 5.41) is 6.29. The van der Waals surface area contributed by atoms with Gasteiger partial charge in [-0.15, -0.1) is 24.0 Å². The molecule has 0 aliphatic carbocycles. The number of nitrogens with zero attached hydrogens (tertiary/aromatic N) is 1. The van der Waals surface area contributed by atoms with E-state index in [1.807, 2.05) is 19.1 Å². The summed E-state index contributed by atoms with van der Waals surface area (Å²) in [6.45, 7) is 3.75. The summed E-state index contributed by atoms with van der Waals surface area (Å²) in [5.41, 5.74) is 0. The van der Waals surface area contributed by atoms with Crippen LogP contribution in [0.1, 0.15) is 13.3 Å². The van der Waals surface area contributed by atoms with Crippen LogP contribution in [0.4, 0.5) is 0 Å². The van der Waals surface area contributed by atoms with Crippen molar-refractivity contribution in [2.24, 2.45) is 4.99 Å². The van der Waals surface area contributed by atoms with Crippen molar-refractivity contribution in [3.05, 3.63) is 18.2 Å². The lowest BCUT2D eigenvalue weighted by Gasteiger charge is -2.15. The van der Waals surface area contributed by atoms with Crippen LogP contribution in [0.15, 0.2) is 23.2 Å². The summed E-state index contributed by atoms with van der Waals surface area (Å²) in [5.74, 6) is 3.09. The molecule has 1 aromatic rings. The average molecular weight is 497 g/mol. The van der Waals surface area contributed by atoms with Crippen molar-refractivity contribution < 1.29 is 22.6 Å². The van der Waals surface area contributed by atoms with Crippen LogP contribution < -0.4 is 24.8 Å². The van der Waals surface area contributed by atoms with Gasteiger partial charge < -0.3 is 24.8 Å². The van der Waals surface area contributed by atoms with Crippen molar-refractivity contribution in [2.75, 3.05) is 38.0 Å². The summed E-state index contributed by atoms with van der Waals surface area (Å²) < 4.78 is 39.3. The molecule has 2 aliphatic rings. The molecular formula is C16H24IN3O5S. The van der Waals surface area contributed by atoms with Gasteiger partial charge in [0.05, 0.1) is 18.1 Å². The highest BCUT2D eigenvalue weighted by Crippen LogP contribution is 2.34. The number of guanidine groups is 1. The van der Waals surface area contributed by atoms with Gasteiger partial charge in [0.1, 0.15) is 12.4 Å². The smallest absolute Gasteiger partial charge is 0.231 e. The maximum absolute atomic E-state index is 11.5. The first kappa shape index (κ1) is 20.9. The highest BCUT2D eigenvalue weighted by molar-refractivity contribution is 14.0. The van der Waals surface area contributed by atoms with Crippen molar-refractivity contribution in [1.29, 1.82) is 0 Å². The molecule has 3 rings (SSSR count). The molecule has 1 atom stereocenters. The minimum absolute atomic E-state index is 0. The van der Waals surface area contributed by atoms with Gasteiger partial charge in [-0.25, -0.2) is 13.4 Å². The number of nitrogens with one attached hydrogen (secondary N) is 2. The second kappa shape index (κ2) is 9.49. The minimum atomic E-state index is -2.91. The zero-order valence-corrected chi connectivity index (χ0v) is 17.7. The van der Waals surface area contributed by atoms with Crippen LogP contribution in [-0.4, -0.2) is 58.4 Å². The Kier molecular flexibility index (Phi) is 7.62.